The van der Waals surface area contributed by atoms with Crippen molar-refractivity contribution >= 4 is 12.2 Å². The molecule has 0 radical (unpaired) electrons. The van der Waals surface area contributed by atoms with Crippen molar-refractivity contribution in [3.63, 3.8) is 0 Å². The lowest BCUT2D eigenvalue weighted by atomic mass is 10.2. The van der Waals surface area contributed by atoms with Crippen molar-refractivity contribution in [2.45, 2.75) is 12.8 Å². The molecule has 0 saturated carbocycles. The molecule has 0 N–H and O–H groups in total. The van der Waals surface area contributed by atoms with Crippen LogP contribution in [0.15, 0.2) is 6.20 Å². The van der Waals surface area contributed by atoms with Crippen LogP contribution in [0.5, 0.6) is 5.88 Å². The van der Waals surface area contributed by atoms with Crippen molar-refractivity contribution in [1.82, 2.24) is 9.97 Å². The average Bonchev–Trinajstić information content (AvgIpc) is 2.17. The SMILES string of the molecule is COc1cnc2c(n1)=CCCC=2. The van der Waals surface area contributed by atoms with Crippen LogP contribution in [-0.4, -0.2) is 17.1 Å². The quantitative estimate of drug-likeness (QED) is 0.575. The number of rotatable bonds is 1. The molecule has 0 saturated heterocycles. The summed E-state index contributed by atoms with van der Waals surface area (Å²) in [5.41, 5.74) is 0. The van der Waals surface area contributed by atoms with Gasteiger partial charge in [-0.15, -0.1) is 0 Å². The van der Waals surface area contributed by atoms with Gasteiger partial charge in [-0.05, 0) is 12.8 Å². The predicted molar refractivity (Wildman–Crippen MR) is 46.0 cm³/mol. The molecular formula is C9H10N2O. The summed E-state index contributed by atoms with van der Waals surface area (Å²) in [7, 11) is 1.60. The number of fused-ring (bicyclic) bond motifs is 1. The summed E-state index contributed by atoms with van der Waals surface area (Å²) in [6.07, 6.45) is 7.95. The standard InChI is InChI=1S/C9H10N2O/c1-12-9-6-10-7-4-2-3-5-8(7)11-9/h4-6H,2-3H2,1H3. The highest BCUT2D eigenvalue weighted by molar-refractivity contribution is 5.33. The van der Waals surface area contributed by atoms with Gasteiger partial charge in [0.2, 0.25) is 5.88 Å². The molecule has 3 nitrogen and oxygen atoms in total. The zero-order valence-corrected chi connectivity index (χ0v) is 6.95. The van der Waals surface area contributed by atoms with E-state index >= 15 is 0 Å². The van der Waals surface area contributed by atoms with E-state index in [-0.39, 0.29) is 0 Å². The topological polar surface area (TPSA) is 35.0 Å². The summed E-state index contributed by atoms with van der Waals surface area (Å²) in [5, 5.41) is 1.92. The molecule has 1 aliphatic rings. The maximum atomic E-state index is 4.97. The van der Waals surface area contributed by atoms with Crippen LogP contribution in [0.2, 0.25) is 0 Å². The Labute approximate surface area is 70.4 Å². The lowest BCUT2D eigenvalue weighted by molar-refractivity contribution is 0.394. The molecule has 0 fully saturated rings. The van der Waals surface area contributed by atoms with Gasteiger partial charge in [0.1, 0.15) is 0 Å². The maximum absolute atomic E-state index is 4.97. The van der Waals surface area contributed by atoms with Crippen molar-refractivity contribution in [2.24, 2.45) is 0 Å². The fourth-order valence-electron chi connectivity index (χ4n) is 1.24. The van der Waals surface area contributed by atoms with Crippen LogP contribution in [-0.2, 0) is 0 Å². The Morgan fingerprint density at radius 1 is 1.25 bits per heavy atom. The number of aromatic nitrogens is 2. The third kappa shape index (κ3) is 1.18. The van der Waals surface area contributed by atoms with Gasteiger partial charge >= 0.3 is 0 Å². The molecule has 62 valence electrons. The highest BCUT2D eigenvalue weighted by atomic mass is 16.5. The van der Waals surface area contributed by atoms with Gasteiger partial charge in [-0.1, -0.05) is 12.2 Å². The minimum atomic E-state index is 0.584. The van der Waals surface area contributed by atoms with E-state index in [2.05, 4.69) is 22.1 Å². The van der Waals surface area contributed by atoms with Crippen molar-refractivity contribution in [2.75, 3.05) is 7.11 Å². The first kappa shape index (κ1) is 7.28. The molecule has 1 aromatic rings. The first-order chi connectivity index (χ1) is 5.90. The van der Waals surface area contributed by atoms with E-state index in [9.17, 15) is 0 Å². The van der Waals surface area contributed by atoms with Crippen LogP contribution in [0.1, 0.15) is 12.8 Å². The second-order valence-corrected chi connectivity index (χ2v) is 2.67. The summed E-state index contributed by atoms with van der Waals surface area (Å²) < 4.78 is 4.97. The Hall–Kier alpha value is -1.38. The predicted octanol–water partition coefficient (Wildman–Crippen LogP) is -0.160. The van der Waals surface area contributed by atoms with Crippen LogP contribution in [0.3, 0.4) is 0 Å². The Morgan fingerprint density at radius 2 is 2.00 bits per heavy atom. The van der Waals surface area contributed by atoms with E-state index in [4.69, 9.17) is 4.74 Å². The molecule has 1 aromatic heterocycles. The van der Waals surface area contributed by atoms with Crippen molar-refractivity contribution in [1.29, 1.82) is 0 Å². The second kappa shape index (κ2) is 2.93. The molecule has 0 unspecified atom stereocenters. The van der Waals surface area contributed by atoms with Gasteiger partial charge in [0.05, 0.1) is 24.0 Å². The number of hydrogen-bond acceptors (Lipinski definition) is 3. The molecule has 2 rings (SSSR count). The molecule has 0 bridgehead atoms. The van der Waals surface area contributed by atoms with E-state index in [0.717, 1.165) is 23.5 Å². The molecule has 0 aliphatic heterocycles. The molecule has 0 spiro atoms. The van der Waals surface area contributed by atoms with Gasteiger partial charge in [-0.25, -0.2) is 9.97 Å². The summed E-state index contributed by atoms with van der Waals surface area (Å²) in [4.78, 5) is 8.48. The van der Waals surface area contributed by atoms with E-state index in [1.54, 1.807) is 13.3 Å². The normalized spacial score (nSPS) is 14.1. The van der Waals surface area contributed by atoms with E-state index in [1.807, 2.05) is 0 Å². The molecule has 1 heterocycles. The van der Waals surface area contributed by atoms with Gasteiger partial charge in [0, 0.05) is 0 Å². The van der Waals surface area contributed by atoms with Crippen LogP contribution < -0.4 is 15.4 Å². The van der Waals surface area contributed by atoms with Crippen LogP contribution in [0, 0.1) is 0 Å². The highest BCUT2D eigenvalue weighted by Crippen LogP contribution is 1.97. The minimum Gasteiger partial charge on any atom is -0.480 e. The lowest BCUT2D eigenvalue weighted by Crippen LogP contribution is -2.32. The fraction of sp³-hybridized carbons (Fsp3) is 0.333. The summed E-state index contributed by atoms with van der Waals surface area (Å²) in [6.45, 7) is 0. The first-order valence-corrected chi connectivity index (χ1v) is 3.97. The summed E-state index contributed by atoms with van der Waals surface area (Å²) in [5.74, 6) is 0.584. The number of nitrogens with zero attached hydrogens (tertiary/aromatic N) is 2. The van der Waals surface area contributed by atoms with Crippen LogP contribution >= 0.6 is 0 Å². The summed E-state index contributed by atoms with van der Waals surface area (Å²) >= 11 is 0. The number of ether oxygens (including phenoxy) is 1. The molecule has 12 heavy (non-hydrogen) atoms. The Morgan fingerprint density at radius 3 is 2.75 bits per heavy atom. The molecule has 0 amide bonds. The fourth-order valence-corrected chi connectivity index (χ4v) is 1.24. The van der Waals surface area contributed by atoms with Crippen molar-refractivity contribution in [3.05, 3.63) is 16.9 Å². The first-order valence-electron chi connectivity index (χ1n) is 3.97. The lowest BCUT2D eigenvalue weighted by Gasteiger charge is -2.00. The van der Waals surface area contributed by atoms with Crippen LogP contribution in [0.4, 0.5) is 0 Å². The largest absolute Gasteiger partial charge is 0.480 e. The van der Waals surface area contributed by atoms with Gasteiger partial charge in [-0.3, -0.25) is 0 Å². The minimum absolute atomic E-state index is 0.584. The molecule has 0 aromatic carbocycles. The maximum Gasteiger partial charge on any atom is 0.232 e. The van der Waals surface area contributed by atoms with E-state index < -0.39 is 0 Å². The Balaban J connectivity index is 2.65. The highest BCUT2D eigenvalue weighted by Gasteiger charge is 1.97. The van der Waals surface area contributed by atoms with Crippen molar-refractivity contribution in [3.8, 4) is 5.88 Å². The van der Waals surface area contributed by atoms with Crippen LogP contribution in [0.25, 0.3) is 12.2 Å². The third-order valence-corrected chi connectivity index (χ3v) is 1.86. The molecule has 0 atom stereocenters. The third-order valence-electron chi connectivity index (χ3n) is 1.86. The zero-order chi connectivity index (χ0) is 8.39. The Bertz CT molecular complexity index is 397. The second-order valence-electron chi connectivity index (χ2n) is 2.67. The van der Waals surface area contributed by atoms with Gasteiger partial charge < -0.3 is 4.74 Å². The Kier molecular flexibility index (Phi) is 1.78. The summed E-state index contributed by atoms with van der Waals surface area (Å²) in [6, 6.07) is 0. The van der Waals surface area contributed by atoms with E-state index in [0.29, 0.717) is 5.88 Å². The smallest absolute Gasteiger partial charge is 0.232 e. The average molecular weight is 162 g/mol. The van der Waals surface area contributed by atoms with Gasteiger partial charge in [0.15, 0.2) is 0 Å². The van der Waals surface area contributed by atoms with Gasteiger partial charge in [-0.2, -0.15) is 0 Å². The molecule has 1 aliphatic carbocycles. The molecule has 3 heteroatoms. The molecular weight excluding hydrogens is 152 g/mol. The number of methoxy groups -OCH3 is 1. The number of hydrogen-bond donors (Lipinski definition) is 0. The van der Waals surface area contributed by atoms with Gasteiger partial charge in [0.25, 0.3) is 0 Å². The zero-order valence-electron chi connectivity index (χ0n) is 6.95. The van der Waals surface area contributed by atoms with E-state index in [1.165, 1.54) is 0 Å². The monoisotopic (exact) mass is 162 g/mol. The van der Waals surface area contributed by atoms with Crippen molar-refractivity contribution < 1.29 is 4.74 Å².